The van der Waals surface area contributed by atoms with Gasteiger partial charge in [-0.1, -0.05) is 6.07 Å². The van der Waals surface area contributed by atoms with Crippen LogP contribution in [0.4, 0.5) is 5.69 Å². The first-order valence-electron chi connectivity index (χ1n) is 5.56. The maximum atomic E-state index is 5.64. The minimum Gasteiger partial charge on any atom is -0.454 e. The molecule has 3 rings (SSSR count). The highest BCUT2D eigenvalue weighted by atomic mass is 16.7. The van der Waals surface area contributed by atoms with Gasteiger partial charge in [-0.2, -0.15) is 0 Å². The van der Waals surface area contributed by atoms with E-state index >= 15 is 0 Å². The molecule has 0 radical (unpaired) electrons. The average Bonchev–Trinajstić information content (AvgIpc) is 2.76. The number of para-hydroxylation sites is 1. The van der Waals surface area contributed by atoms with Gasteiger partial charge in [-0.05, 0) is 19.1 Å². The van der Waals surface area contributed by atoms with Gasteiger partial charge in [0.1, 0.15) is 6.17 Å². The molecule has 0 spiro atoms. The summed E-state index contributed by atoms with van der Waals surface area (Å²) in [5.41, 5.74) is 6.42. The Balaban J connectivity index is 1.84. The number of nitrogens with one attached hydrogen (secondary N) is 2. The second kappa shape index (κ2) is 4.10. The standard InChI is InChI=1S/C11H13N5O2/c1-6-13-10(12)16-11(14-6)15-7-3-2-4-8-9(7)18-5-17-8/h2-4,6H,5H2,1H3,(H4,12,13,14,15,16). The molecule has 2 heterocycles. The van der Waals surface area contributed by atoms with E-state index in [1.807, 2.05) is 25.1 Å². The van der Waals surface area contributed by atoms with E-state index in [1.165, 1.54) is 0 Å². The third kappa shape index (κ3) is 1.90. The molecular formula is C11H13N5O2. The smallest absolute Gasteiger partial charge is 0.231 e. The van der Waals surface area contributed by atoms with E-state index in [0.29, 0.717) is 23.4 Å². The van der Waals surface area contributed by atoms with Crippen LogP contribution in [0, 0.1) is 0 Å². The molecule has 1 atom stereocenters. The highest BCUT2D eigenvalue weighted by Gasteiger charge is 2.19. The van der Waals surface area contributed by atoms with Crippen LogP contribution in [0.2, 0.25) is 0 Å². The number of aliphatic imine (C=N–C) groups is 2. The van der Waals surface area contributed by atoms with Crippen LogP contribution in [0.15, 0.2) is 28.2 Å². The number of ether oxygens (including phenoxy) is 2. The fourth-order valence-electron chi connectivity index (χ4n) is 1.82. The minimum absolute atomic E-state index is 0.206. The van der Waals surface area contributed by atoms with Gasteiger partial charge in [-0.25, -0.2) is 9.98 Å². The minimum atomic E-state index is -0.206. The van der Waals surface area contributed by atoms with Crippen molar-refractivity contribution < 1.29 is 9.47 Å². The number of hydrogen-bond donors (Lipinski definition) is 3. The van der Waals surface area contributed by atoms with Gasteiger partial charge in [-0.3, -0.25) is 5.32 Å². The summed E-state index contributed by atoms with van der Waals surface area (Å²) < 4.78 is 10.7. The van der Waals surface area contributed by atoms with Gasteiger partial charge in [0, 0.05) is 0 Å². The molecule has 0 amide bonds. The summed E-state index contributed by atoms with van der Waals surface area (Å²) in [5, 5.41) is 5.97. The van der Waals surface area contributed by atoms with Crippen molar-refractivity contribution >= 4 is 17.6 Å². The van der Waals surface area contributed by atoms with Crippen molar-refractivity contribution in [3.63, 3.8) is 0 Å². The van der Waals surface area contributed by atoms with Crippen LogP contribution in [0.5, 0.6) is 11.5 Å². The highest BCUT2D eigenvalue weighted by molar-refractivity contribution is 6.06. The monoisotopic (exact) mass is 247 g/mol. The summed E-state index contributed by atoms with van der Waals surface area (Å²) in [5.74, 6) is 2.27. The highest BCUT2D eigenvalue weighted by Crippen LogP contribution is 2.38. The molecule has 18 heavy (non-hydrogen) atoms. The van der Waals surface area contributed by atoms with Crippen LogP contribution in [0.1, 0.15) is 6.92 Å². The van der Waals surface area contributed by atoms with Gasteiger partial charge in [0.15, 0.2) is 17.5 Å². The summed E-state index contributed by atoms with van der Waals surface area (Å²) in [6.45, 7) is 2.08. The molecule has 1 aromatic rings. The Labute approximate surface area is 104 Å². The lowest BCUT2D eigenvalue weighted by Crippen LogP contribution is -2.44. The molecule has 0 bridgehead atoms. The molecule has 7 heteroatoms. The van der Waals surface area contributed by atoms with Gasteiger partial charge in [0.05, 0.1) is 5.69 Å². The lowest BCUT2D eigenvalue weighted by Gasteiger charge is -2.18. The molecular weight excluding hydrogens is 234 g/mol. The topological polar surface area (TPSA) is 93.3 Å². The number of rotatable bonds is 1. The molecule has 2 aliphatic heterocycles. The number of hydrogen-bond acceptors (Lipinski definition) is 7. The fourth-order valence-corrected chi connectivity index (χ4v) is 1.82. The van der Waals surface area contributed by atoms with Crippen molar-refractivity contribution in [2.75, 3.05) is 12.1 Å². The lowest BCUT2D eigenvalue weighted by molar-refractivity contribution is 0.174. The zero-order valence-corrected chi connectivity index (χ0v) is 9.80. The number of guanidine groups is 2. The van der Waals surface area contributed by atoms with Gasteiger partial charge in [0.25, 0.3) is 0 Å². The number of benzene rings is 1. The lowest BCUT2D eigenvalue weighted by atomic mass is 10.2. The number of nitrogens with two attached hydrogens (primary N) is 1. The maximum Gasteiger partial charge on any atom is 0.231 e. The molecule has 1 unspecified atom stereocenters. The Morgan fingerprint density at radius 1 is 1.39 bits per heavy atom. The van der Waals surface area contributed by atoms with Crippen molar-refractivity contribution in [1.29, 1.82) is 0 Å². The predicted octanol–water partition coefficient (Wildman–Crippen LogP) is 0.447. The zero-order chi connectivity index (χ0) is 12.5. The SMILES string of the molecule is CC1N=C(N)NC(Nc2cccc3c2OCO3)=N1. The first-order valence-corrected chi connectivity index (χ1v) is 5.56. The quantitative estimate of drug-likeness (QED) is 0.670. The molecule has 7 nitrogen and oxygen atoms in total. The Morgan fingerprint density at radius 2 is 2.28 bits per heavy atom. The van der Waals surface area contributed by atoms with Crippen LogP contribution in [0.25, 0.3) is 0 Å². The van der Waals surface area contributed by atoms with Crippen molar-refractivity contribution in [3.05, 3.63) is 18.2 Å². The average molecular weight is 247 g/mol. The number of anilines is 1. The van der Waals surface area contributed by atoms with Crippen molar-refractivity contribution in [1.82, 2.24) is 5.32 Å². The van der Waals surface area contributed by atoms with Crippen LogP contribution in [-0.4, -0.2) is 24.9 Å². The van der Waals surface area contributed by atoms with E-state index in [-0.39, 0.29) is 13.0 Å². The molecule has 2 aliphatic rings. The van der Waals surface area contributed by atoms with Gasteiger partial charge < -0.3 is 20.5 Å². The van der Waals surface area contributed by atoms with Crippen LogP contribution in [0.3, 0.4) is 0 Å². The third-order valence-corrected chi connectivity index (χ3v) is 2.54. The van der Waals surface area contributed by atoms with E-state index in [1.54, 1.807) is 0 Å². The third-order valence-electron chi connectivity index (χ3n) is 2.54. The van der Waals surface area contributed by atoms with E-state index in [4.69, 9.17) is 15.2 Å². The summed E-state index contributed by atoms with van der Waals surface area (Å²) in [4.78, 5) is 8.33. The second-order valence-corrected chi connectivity index (χ2v) is 3.91. The Hall–Kier alpha value is -2.44. The van der Waals surface area contributed by atoms with Crippen molar-refractivity contribution in [2.24, 2.45) is 15.7 Å². The summed E-state index contributed by atoms with van der Waals surface area (Å²) >= 11 is 0. The molecule has 0 fully saturated rings. The zero-order valence-electron chi connectivity index (χ0n) is 9.80. The Morgan fingerprint density at radius 3 is 3.11 bits per heavy atom. The van der Waals surface area contributed by atoms with Gasteiger partial charge in [0.2, 0.25) is 12.8 Å². The number of fused-ring (bicyclic) bond motifs is 1. The maximum absolute atomic E-state index is 5.64. The van der Waals surface area contributed by atoms with E-state index < -0.39 is 0 Å². The van der Waals surface area contributed by atoms with E-state index in [0.717, 1.165) is 5.69 Å². The summed E-state index contributed by atoms with van der Waals surface area (Å²) in [6.07, 6.45) is -0.206. The molecule has 94 valence electrons. The van der Waals surface area contributed by atoms with Gasteiger partial charge in [-0.15, -0.1) is 0 Å². The van der Waals surface area contributed by atoms with E-state index in [9.17, 15) is 0 Å². The molecule has 0 saturated carbocycles. The molecule has 0 aliphatic carbocycles. The van der Waals surface area contributed by atoms with Crippen molar-refractivity contribution in [3.8, 4) is 11.5 Å². The van der Waals surface area contributed by atoms with Crippen LogP contribution >= 0.6 is 0 Å². The number of nitrogens with zero attached hydrogens (tertiary/aromatic N) is 2. The summed E-state index contributed by atoms with van der Waals surface area (Å²) in [6, 6.07) is 5.60. The predicted molar refractivity (Wildman–Crippen MR) is 67.8 cm³/mol. The molecule has 0 saturated heterocycles. The normalized spacial score (nSPS) is 20.8. The van der Waals surface area contributed by atoms with Crippen molar-refractivity contribution in [2.45, 2.75) is 13.1 Å². The Kier molecular flexibility index (Phi) is 2.44. The first kappa shape index (κ1) is 10.7. The largest absolute Gasteiger partial charge is 0.454 e. The fraction of sp³-hybridized carbons (Fsp3) is 0.273. The van der Waals surface area contributed by atoms with Crippen LogP contribution in [-0.2, 0) is 0 Å². The summed E-state index contributed by atoms with van der Waals surface area (Å²) in [7, 11) is 0. The second-order valence-electron chi connectivity index (χ2n) is 3.91. The first-order chi connectivity index (χ1) is 8.72. The van der Waals surface area contributed by atoms with E-state index in [2.05, 4.69) is 20.6 Å². The van der Waals surface area contributed by atoms with Crippen LogP contribution < -0.4 is 25.8 Å². The van der Waals surface area contributed by atoms with Gasteiger partial charge >= 0.3 is 0 Å². The molecule has 0 aromatic heterocycles. The molecule has 4 N–H and O–H groups in total. The Bertz CT molecular complexity index is 540. The molecule has 1 aromatic carbocycles.